The Labute approximate surface area is 145 Å². The van der Waals surface area contributed by atoms with Crippen LogP contribution in [0, 0.1) is 7.14 Å². The predicted molar refractivity (Wildman–Crippen MR) is 92.9 cm³/mol. The van der Waals surface area contributed by atoms with E-state index < -0.39 is 5.97 Å². The number of halogens is 2. The van der Waals surface area contributed by atoms with Crippen molar-refractivity contribution in [2.24, 2.45) is 0 Å². The van der Waals surface area contributed by atoms with E-state index in [-0.39, 0.29) is 11.3 Å². The third-order valence-electron chi connectivity index (χ3n) is 3.50. The van der Waals surface area contributed by atoms with Gasteiger partial charge >= 0.3 is 5.97 Å². The zero-order valence-corrected chi connectivity index (χ0v) is 15.4. The van der Waals surface area contributed by atoms with Crippen LogP contribution in [0.4, 0.5) is 0 Å². The van der Waals surface area contributed by atoms with Crippen LogP contribution in [0.1, 0.15) is 36.0 Å². The molecule has 0 saturated carbocycles. The van der Waals surface area contributed by atoms with Crippen molar-refractivity contribution in [1.29, 1.82) is 0 Å². The molecule has 0 spiro atoms. The van der Waals surface area contributed by atoms with Crippen molar-refractivity contribution >= 4 is 51.2 Å². The summed E-state index contributed by atoms with van der Waals surface area (Å²) in [6.07, 6.45) is 4.63. The largest absolute Gasteiger partial charge is 0.506 e. The van der Waals surface area contributed by atoms with Crippen molar-refractivity contribution in [2.45, 2.75) is 31.7 Å². The van der Waals surface area contributed by atoms with E-state index in [1.807, 2.05) is 28.7 Å². The van der Waals surface area contributed by atoms with Gasteiger partial charge in [0, 0.05) is 9.99 Å². The highest BCUT2D eigenvalue weighted by atomic mass is 127. The molecule has 2 rings (SSSR count). The van der Waals surface area contributed by atoms with Crippen molar-refractivity contribution in [1.82, 2.24) is 0 Å². The van der Waals surface area contributed by atoms with E-state index in [1.54, 1.807) is 6.07 Å². The minimum atomic E-state index is -0.435. The number of carbonyl (C=O) groups is 1. The third kappa shape index (κ3) is 4.45. The second-order valence-electron chi connectivity index (χ2n) is 4.99. The zero-order chi connectivity index (χ0) is 14.5. The molecule has 110 valence electrons. The number of phenols is 1. The van der Waals surface area contributed by atoms with E-state index >= 15 is 0 Å². The molecule has 1 aromatic carbocycles. The normalized spacial score (nSPS) is 18.8. The van der Waals surface area contributed by atoms with Gasteiger partial charge in [0.2, 0.25) is 0 Å². The lowest BCUT2D eigenvalue weighted by atomic mass is 10.0. The number of quaternary nitrogens is 1. The second kappa shape index (κ2) is 7.79. The van der Waals surface area contributed by atoms with Crippen LogP contribution in [0.15, 0.2) is 12.1 Å². The molecule has 1 aromatic rings. The summed E-state index contributed by atoms with van der Waals surface area (Å²) in [4.78, 5) is 12.0. The third-order valence-corrected chi connectivity index (χ3v) is 4.94. The van der Waals surface area contributed by atoms with Gasteiger partial charge in [-0.1, -0.05) is 0 Å². The average Bonchev–Trinajstić information content (AvgIpc) is 2.44. The number of ether oxygens (including phenoxy) is 1. The fourth-order valence-corrected chi connectivity index (χ4v) is 4.23. The number of carbonyl (C=O) groups excluding carboxylic acids is 1. The monoisotopic (exact) mass is 502 g/mol. The molecule has 4 nitrogen and oxygen atoms in total. The molecule has 1 unspecified atom stereocenters. The molecular weight excluding hydrogens is 484 g/mol. The van der Waals surface area contributed by atoms with Crippen LogP contribution >= 0.6 is 45.2 Å². The van der Waals surface area contributed by atoms with Crippen LogP contribution in [-0.4, -0.2) is 30.3 Å². The summed E-state index contributed by atoms with van der Waals surface area (Å²) < 4.78 is 6.88. The molecule has 1 saturated heterocycles. The number of hydrogen-bond acceptors (Lipinski definition) is 3. The molecule has 1 fully saturated rings. The van der Waals surface area contributed by atoms with E-state index in [9.17, 15) is 9.90 Å². The topological polar surface area (TPSA) is 63.1 Å². The summed E-state index contributed by atoms with van der Waals surface area (Å²) in [5, 5.41) is 12.3. The Kier molecular flexibility index (Phi) is 6.34. The van der Waals surface area contributed by atoms with Crippen LogP contribution in [0.3, 0.4) is 0 Å². The Morgan fingerprint density at radius 1 is 1.40 bits per heavy atom. The molecule has 0 bridgehead atoms. The zero-order valence-electron chi connectivity index (χ0n) is 11.1. The Bertz CT molecular complexity index is 488. The van der Waals surface area contributed by atoms with E-state index in [1.165, 1.54) is 25.8 Å². The van der Waals surface area contributed by atoms with Crippen LogP contribution in [0.5, 0.6) is 5.75 Å². The first-order valence-corrected chi connectivity index (χ1v) is 8.92. The van der Waals surface area contributed by atoms with E-state index in [2.05, 4.69) is 27.9 Å². The first-order valence-electron chi connectivity index (χ1n) is 6.76. The molecule has 6 heteroatoms. The van der Waals surface area contributed by atoms with Crippen molar-refractivity contribution in [3.63, 3.8) is 0 Å². The minimum absolute atomic E-state index is 0.0141. The summed E-state index contributed by atoms with van der Waals surface area (Å²) >= 11 is 4.14. The number of aromatic hydroxyl groups is 1. The lowest BCUT2D eigenvalue weighted by Crippen LogP contribution is -2.91. The lowest BCUT2D eigenvalue weighted by Gasteiger charge is -2.19. The van der Waals surface area contributed by atoms with Gasteiger partial charge in [0.25, 0.3) is 0 Å². The number of rotatable bonds is 4. The molecule has 1 aliphatic heterocycles. The van der Waals surface area contributed by atoms with Crippen LogP contribution in [0.2, 0.25) is 0 Å². The van der Waals surface area contributed by atoms with Gasteiger partial charge in [-0.15, -0.1) is 0 Å². The Morgan fingerprint density at radius 3 is 2.90 bits per heavy atom. The highest BCUT2D eigenvalue weighted by Crippen LogP contribution is 2.27. The van der Waals surface area contributed by atoms with Crippen LogP contribution < -0.4 is 5.32 Å². The first kappa shape index (κ1) is 16.3. The van der Waals surface area contributed by atoms with Gasteiger partial charge in [-0.2, -0.15) is 0 Å². The molecule has 0 aliphatic carbocycles. The van der Waals surface area contributed by atoms with Gasteiger partial charge in [-0.3, -0.25) is 0 Å². The summed E-state index contributed by atoms with van der Waals surface area (Å²) in [7, 11) is 0. The van der Waals surface area contributed by atoms with Crippen LogP contribution in [0.25, 0.3) is 0 Å². The fraction of sp³-hybridized carbons (Fsp3) is 0.500. The highest BCUT2D eigenvalue weighted by molar-refractivity contribution is 14.1. The van der Waals surface area contributed by atoms with Crippen molar-refractivity contribution in [3.05, 3.63) is 24.8 Å². The molecule has 0 amide bonds. The van der Waals surface area contributed by atoms with Crippen LogP contribution in [-0.2, 0) is 4.74 Å². The van der Waals surface area contributed by atoms with E-state index in [0.717, 1.165) is 9.99 Å². The molecule has 1 heterocycles. The van der Waals surface area contributed by atoms with Gasteiger partial charge in [0.1, 0.15) is 11.3 Å². The summed E-state index contributed by atoms with van der Waals surface area (Å²) in [5.41, 5.74) is 0.258. The van der Waals surface area contributed by atoms with Crippen molar-refractivity contribution < 1.29 is 20.0 Å². The maximum absolute atomic E-state index is 12.0. The molecule has 1 aliphatic rings. The van der Waals surface area contributed by atoms with Gasteiger partial charge in [-0.05, 0) is 76.6 Å². The number of nitrogens with two attached hydrogens (primary N) is 1. The minimum Gasteiger partial charge on any atom is -0.506 e. The van der Waals surface area contributed by atoms with Crippen molar-refractivity contribution in [3.8, 4) is 5.75 Å². The maximum Gasteiger partial charge on any atom is 0.341 e. The fourth-order valence-electron chi connectivity index (χ4n) is 2.39. The molecular formula is C14H18I2NO3+. The summed E-state index contributed by atoms with van der Waals surface area (Å²) in [6, 6.07) is 4.05. The van der Waals surface area contributed by atoms with Gasteiger partial charge in [0.15, 0.2) is 0 Å². The quantitative estimate of drug-likeness (QED) is 0.491. The number of esters is 1. The second-order valence-corrected chi connectivity index (χ2v) is 7.40. The Morgan fingerprint density at radius 2 is 2.20 bits per heavy atom. The van der Waals surface area contributed by atoms with Gasteiger partial charge < -0.3 is 15.2 Å². The molecule has 3 N–H and O–H groups in total. The number of phenolic OH excluding ortho intramolecular Hbond substituents is 1. The predicted octanol–water partition coefficient (Wildman–Crippen LogP) is 2.26. The number of benzene rings is 1. The first-order chi connectivity index (χ1) is 9.58. The van der Waals surface area contributed by atoms with E-state index in [4.69, 9.17) is 4.74 Å². The smallest absolute Gasteiger partial charge is 0.341 e. The van der Waals surface area contributed by atoms with Gasteiger partial charge in [-0.25, -0.2) is 4.79 Å². The summed E-state index contributed by atoms with van der Waals surface area (Å²) in [5.74, 6) is -0.421. The lowest BCUT2D eigenvalue weighted by molar-refractivity contribution is -0.698. The standard InChI is InChI=1S/C14H17I2NO3/c15-9-7-11(13(18)12(16)8-9)14(19)20-6-4-10-3-1-2-5-17-10/h7-8,10,17-18H,1-6H2/p+1. The van der Waals surface area contributed by atoms with E-state index in [0.29, 0.717) is 16.2 Å². The Balaban J connectivity index is 1.88. The summed E-state index contributed by atoms with van der Waals surface area (Å²) in [6.45, 7) is 1.59. The highest BCUT2D eigenvalue weighted by Gasteiger charge is 2.19. The maximum atomic E-state index is 12.0. The molecule has 0 aromatic heterocycles. The average molecular weight is 502 g/mol. The molecule has 20 heavy (non-hydrogen) atoms. The molecule has 1 atom stereocenters. The SMILES string of the molecule is O=C(OCCC1CCCC[NH2+]1)c1cc(I)cc(I)c1O. The number of hydrogen-bond donors (Lipinski definition) is 2. The number of piperidine rings is 1. The Hall–Kier alpha value is -0.0900. The molecule has 0 radical (unpaired) electrons. The van der Waals surface area contributed by atoms with Gasteiger partial charge in [0.05, 0.1) is 22.8 Å². The van der Waals surface area contributed by atoms with Crippen molar-refractivity contribution in [2.75, 3.05) is 13.2 Å².